The van der Waals surface area contributed by atoms with Crippen molar-refractivity contribution in [2.75, 3.05) is 13.2 Å². The Labute approximate surface area is 163 Å². The van der Waals surface area contributed by atoms with Gasteiger partial charge in [0.25, 0.3) is 5.91 Å². The van der Waals surface area contributed by atoms with Gasteiger partial charge in [0.05, 0.1) is 18.4 Å². The van der Waals surface area contributed by atoms with Gasteiger partial charge in [-0.25, -0.2) is 0 Å². The largest absolute Gasteiger partial charge is 0.493 e. The van der Waals surface area contributed by atoms with E-state index in [1.54, 1.807) is 11.0 Å². The molecular weight excluding hydrogens is 358 g/mol. The number of rotatable bonds is 6. The summed E-state index contributed by atoms with van der Waals surface area (Å²) < 4.78 is 16.3. The number of carbonyl (C=O) groups is 1. The quantitative estimate of drug-likeness (QED) is 0.643. The van der Waals surface area contributed by atoms with Gasteiger partial charge in [-0.1, -0.05) is 17.3 Å². The van der Waals surface area contributed by atoms with Crippen LogP contribution in [0, 0.1) is 6.92 Å². The van der Waals surface area contributed by atoms with Crippen LogP contribution in [0.15, 0.2) is 51.8 Å². The number of aromatic nitrogens is 2. The van der Waals surface area contributed by atoms with Gasteiger partial charge >= 0.3 is 0 Å². The summed E-state index contributed by atoms with van der Waals surface area (Å²) in [6, 6.07) is 9.38. The van der Waals surface area contributed by atoms with E-state index in [1.807, 2.05) is 31.2 Å². The van der Waals surface area contributed by atoms with Crippen molar-refractivity contribution >= 4 is 5.91 Å². The van der Waals surface area contributed by atoms with Gasteiger partial charge in [-0.2, -0.15) is 4.98 Å². The highest BCUT2D eigenvalue weighted by molar-refractivity contribution is 5.94. The van der Waals surface area contributed by atoms with E-state index in [-0.39, 0.29) is 11.9 Å². The van der Waals surface area contributed by atoms with Crippen LogP contribution in [0.2, 0.25) is 0 Å². The molecular formula is C21H23N3O4. The lowest BCUT2D eigenvalue weighted by Crippen LogP contribution is -2.38. The summed E-state index contributed by atoms with van der Waals surface area (Å²) >= 11 is 0. The molecule has 7 nitrogen and oxygen atoms in total. The lowest BCUT2D eigenvalue weighted by molar-refractivity contribution is 0.0560. The maximum atomic E-state index is 12.8. The molecule has 1 atom stereocenters. The molecule has 1 fully saturated rings. The normalized spacial score (nSPS) is 16.9. The molecule has 0 N–H and O–H groups in total. The van der Waals surface area contributed by atoms with Crippen molar-refractivity contribution in [3.05, 3.63) is 65.7 Å². The summed E-state index contributed by atoms with van der Waals surface area (Å²) in [6.07, 6.45) is 6.31. The van der Waals surface area contributed by atoms with Crippen molar-refractivity contribution in [1.82, 2.24) is 15.0 Å². The summed E-state index contributed by atoms with van der Waals surface area (Å²) in [5, 5.41) is 4.07. The van der Waals surface area contributed by atoms with Crippen molar-refractivity contribution in [3.8, 4) is 5.75 Å². The van der Waals surface area contributed by atoms with Crippen molar-refractivity contribution in [2.24, 2.45) is 0 Å². The maximum absolute atomic E-state index is 12.8. The number of piperidine rings is 1. The lowest BCUT2D eigenvalue weighted by atomic mass is 10.0. The first-order chi connectivity index (χ1) is 13.7. The summed E-state index contributed by atoms with van der Waals surface area (Å²) in [6.45, 7) is 3.16. The van der Waals surface area contributed by atoms with E-state index in [2.05, 4.69) is 10.1 Å². The first kappa shape index (κ1) is 18.3. The molecule has 3 heterocycles. The summed E-state index contributed by atoms with van der Waals surface area (Å²) in [5.41, 5.74) is 1.69. The number of aryl methyl sites for hydroxylation is 1. The number of hydrogen-bond donors (Lipinski definition) is 0. The first-order valence-electron chi connectivity index (χ1n) is 9.56. The number of amides is 1. The third kappa shape index (κ3) is 4.08. The van der Waals surface area contributed by atoms with Crippen LogP contribution in [-0.2, 0) is 6.42 Å². The van der Waals surface area contributed by atoms with Crippen LogP contribution in [0.4, 0.5) is 0 Å². The average Bonchev–Trinajstić information content (AvgIpc) is 3.40. The second-order valence-corrected chi connectivity index (χ2v) is 6.99. The second kappa shape index (κ2) is 8.29. The molecule has 2 aromatic heterocycles. The Bertz CT molecular complexity index is 919. The monoisotopic (exact) mass is 381 g/mol. The molecule has 0 saturated carbocycles. The molecule has 7 heteroatoms. The van der Waals surface area contributed by atoms with Crippen LogP contribution in [0.1, 0.15) is 52.9 Å². The van der Waals surface area contributed by atoms with E-state index in [4.69, 9.17) is 13.7 Å². The van der Waals surface area contributed by atoms with Gasteiger partial charge in [0.15, 0.2) is 5.82 Å². The van der Waals surface area contributed by atoms with Crippen LogP contribution < -0.4 is 4.74 Å². The number of carbonyl (C=O) groups excluding carboxylic acids is 1. The fraction of sp³-hybridized carbons (Fsp3) is 0.381. The fourth-order valence-electron chi connectivity index (χ4n) is 3.45. The van der Waals surface area contributed by atoms with E-state index >= 15 is 0 Å². The highest BCUT2D eigenvalue weighted by Gasteiger charge is 2.33. The van der Waals surface area contributed by atoms with Gasteiger partial charge in [-0.3, -0.25) is 4.79 Å². The van der Waals surface area contributed by atoms with Crippen LogP contribution in [-0.4, -0.2) is 34.1 Å². The molecule has 0 spiro atoms. The second-order valence-electron chi connectivity index (χ2n) is 6.99. The number of likely N-dealkylation sites (tertiary alicyclic amines) is 1. The predicted octanol–water partition coefficient (Wildman–Crippen LogP) is 3.96. The predicted molar refractivity (Wildman–Crippen MR) is 101 cm³/mol. The van der Waals surface area contributed by atoms with Crippen LogP contribution in [0.5, 0.6) is 5.75 Å². The Balaban J connectivity index is 1.40. The van der Waals surface area contributed by atoms with Crippen LogP contribution >= 0.6 is 0 Å². The van der Waals surface area contributed by atoms with Crippen molar-refractivity contribution in [1.29, 1.82) is 0 Å². The first-order valence-corrected chi connectivity index (χ1v) is 9.56. The SMILES string of the molecule is Cc1cccc(OCCc2noc(C3CCCCN3C(=O)c3ccoc3)n2)c1. The molecule has 0 bridgehead atoms. The number of hydrogen-bond acceptors (Lipinski definition) is 6. The number of furan rings is 1. The minimum absolute atomic E-state index is 0.0685. The molecule has 4 rings (SSSR count). The van der Waals surface area contributed by atoms with Gasteiger partial charge in [0.1, 0.15) is 18.1 Å². The van der Waals surface area contributed by atoms with Crippen LogP contribution in [0.3, 0.4) is 0 Å². The Kier molecular flexibility index (Phi) is 5.41. The Hall–Kier alpha value is -3.09. The zero-order valence-electron chi connectivity index (χ0n) is 15.8. The van der Waals surface area contributed by atoms with E-state index in [0.717, 1.165) is 30.6 Å². The standard InChI is InChI=1S/C21H23N3O4/c1-15-5-4-6-17(13-15)27-12-9-19-22-20(28-23-19)18-7-2-3-10-24(18)21(25)16-8-11-26-14-16/h4-6,8,11,13-14,18H,2-3,7,9-10,12H2,1H3. The Morgan fingerprint density at radius 2 is 2.25 bits per heavy atom. The minimum Gasteiger partial charge on any atom is -0.493 e. The minimum atomic E-state index is -0.199. The molecule has 1 aliphatic rings. The Morgan fingerprint density at radius 1 is 1.32 bits per heavy atom. The van der Waals surface area contributed by atoms with Gasteiger partial charge in [0.2, 0.25) is 5.89 Å². The van der Waals surface area contributed by atoms with E-state index in [1.165, 1.54) is 12.5 Å². The average molecular weight is 381 g/mol. The van der Waals surface area contributed by atoms with E-state index in [0.29, 0.717) is 36.9 Å². The molecule has 1 saturated heterocycles. The highest BCUT2D eigenvalue weighted by Crippen LogP contribution is 2.31. The molecule has 1 unspecified atom stereocenters. The zero-order valence-corrected chi connectivity index (χ0v) is 15.8. The summed E-state index contributed by atoms with van der Waals surface area (Å²) in [5.74, 6) is 1.83. The fourth-order valence-corrected chi connectivity index (χ4v) is 3.45. The smallest absolute Gasteiger partial charge is 0.257 e. The van der Waals surface area contributed by atoms with Gasteiger partial charge in [-0.15, -0.1) is 0 Å². The molecule has 1 amide bonds. The van der Waals surface area contributed by atoms with Gasteiger partial charge in [-0.05, 0) is 49.9 Å². The lowest BCUT2D eigenvalue weighted by Gasteiger charge is -2.33. The molecule has 28 heavy (non-hydrogen) atoms. The number of benzene rings is 1. The summed E-state index contributed by atoms with van der Waals surface area (Å²) in [7, 11) is 0. The molecule has 1 aliphatic heterocycles. The Morgan fingerprint density at radius 3 is 3.07 bits per heavy atom. The third-order valence-corrected chi connectivity index (χ3v) is 4.88. The van der Waals surface area contributed by atoms with Crippen molar-refractivity contribution in [3.63, 3.8) is 0 Å². The third-order valence-electron chi connectivity index (χ3n) is 4.88. The van der Waals surface area contributed by atoms with Crippen LogP contribution in [0.25, 0.3) is 0 Å². The molecule has 1 aromatic carbocycles. The highest BCUT2D eigenvalue weighted by atomic mass is 16.5. The zero-order chi connectivity index (χ0) is 19.3. The number of ether oxygens (including phenoxy) is 1. The summed E-state index contributed by atoms with van der Waals surface area (Å²) in [4.78, 5) is 19.1. The van der Waals surface area contributed by atoms with Crippen molar-refractivity contribution in [2.45, 2.75) is 38.6 Å². The van der Waals surface area contributed by atoms with Crippen molar-refractivity contribution < 1.29 is 18.5 Å². The molecule has 0 aliphatic carbocycles. The number of nitrogens with zero attached hydrogens (tertiary/aromatic N) is 3. The topological polar surface area (TPSA) is 81.6 Å². The van der Waals surface area contributed by atoms with Gasteiger partial charge in [0, 0.05) is 13.0 Å². The maximum Gasteiger partial charge on any atom is 0.257 e. The molecule has 0 radical (unpaired) electrons. The van der Waals surface area contributed by atoms with E-state index in [9.17, 15) is 4.79 Å². The van der Waals surface area contributed by atoms with Gasteiger partial charge < -0.3 is 18.6 Å². The molecule has 146 valence electrons. The molecule has 3 aromatic rings. The van der Waals surface area contributed by atoms with E-state index < -0.39 is 0 Å².